The summed E-state index contributed by atoms with van der Waals surface area (Å²) in [6, 6.07) is -0.342. The highest BCUT2D eigenvalue weighted by molar-refractivity contribution is 6.74. The average molecular weight is 315 g/mol. The van der Waals surface area contributed by atoms with Crippen LogP contribution in [0.4, 0.5) is 0 Å². The molecule has 1 saturated heterocycles. The molecule has 0 aromatic carbocycles. The summed E-state index contributed by atoms with van der Waals surface area (Å²) >= 11 is 0. The second kappa shape index (κ2) is 4.78. The van der Waals surface area contributed by atoms with E-state index in [4.69, 9.17) is 13.9 Å². The van der Waals surface area contributed by atoms with Gasteiger partial charge in [0.15, 0.2) is 32.0 Å². The van der Waals surface area contributed by atoms with Crippen LogP contribution in [0.5, 0.6) is 0 Å². The second-order valence-corrected chi connectivity index (χ2v) is 13.2. The SMILES string of the molecule is CC1(C)O[C@@H]2[C@@H](CO[Si](C)(C)C(C)(C)C)[N+]([O-])=C[C@]2(C)O1. The number of nitrogens with zero attached hydrogens (tertiary/aromatic N) is 1. The van der Waals surface area contributed by atoms with E-state index in [-0.39, 0.29) is 17.2 Å². The zero-order chi connectivity index (χ0) is 16.3. The van der Waals surface area contributed by atoms with E-state index in [0.29, 0.717) is 6.61 Å². The van der Waals surface area contributed by atoms with Crippen LogP contribution in [0.2, 0.25) is 18.1 Å². The Bertz CT molecular complexity index is 455. The molecule has 1 fully saturated rings. The van der Waals surface area contributed by atoms with E-state index in [0.717, 1.165) is 4.74 Å². The van der Waals surface area contributed by atoms with Gasteiger partial charge in [-0.15, -0.1) is 0 Å². The molecule has 5 nitrogen and oxygen atoms in total. The minimum absolute atomic E-state index is 0.124. The van der Waals surface area contributed by atoms with Gasteiger partial charge in [0.2, 0.25) is 6.04 Å². The van der Waals surface area contributed by atoms with Crippen molar-refractivity contribution in [1.29, 1.82) is 0 Å². The van der Waals surface area contributed by atoms with Crippen molar-refractivity contribution in [2.24, 2.45) is 0 Å². The third-order valence-electron chi connectivity index (χ3n) is 4.92. The summed E-state index contributed by atoms with van der Waals surface area (Å²) in [5.41, 5.74) is -0.660. The Hall–Kier alpha value is -0.433. The van der Waals surface area contributed by atoms with Gasteiger partial charge < -0.3 is 19.1 Å². The first-order valence-corrected chi connectivity index (χ1v) is 10.5. The fourth-order valence-electron chi connectivity index (χ4n) is 2.75. The first kappa shape index (κ1) is 16.9. The summed E-state index contributed by atoms with van der Waals surface area (Å²) in [7, 11) is -1.88. The van der Waals surface area contributed by atoms with E-state index in [9.17, 15) is 5.21 Å². The zero-order valence-electron chi connectivity index (χ0n) is 14.5. The summed E-state index contributed by atoms with van der Waals surface area (Å²) < 4.78 is 19.0. The number of fused-ring (bicyclic) bond motifs is 1. The molecular weight excluding hydrogens is 286 g/mol. The van der Waals surface area contributed by atoms with Crippen LogP contribution in [0, 0.1) is 5.21 Å². The molecular formula is C15H29NO4Si. The molecule has 2 aliphatic heterocycles. The fraction of sp³-hybridized carbons (Fsp3) is 0.933. The predicted molar refractivity (Wildman–Crippen MR) is 85.1 cm³/mol. The minimum atomic E-state index is -1.88. The lowest BCUT2D eigenvalue weighted by molar-refractivity contribution is -0.504. The largest absolute Gasteiger partial charge is 0.624 e. The van der Waals surface area contributed by atoms with Crippen LogP contribution in [0.1, 0.15) is 41.5 Å². The average Bonchev–Trinajstić information content (AvgIpc) is 2.58. The molecule has 0 unspecified atom stereocenters. The Balaban J connectivity index is 2.10. The summed E-state index contributed by atoms with van der Waals surface area (Å²) in [5.74, 6) is -0.660. The molecule has 0 spiro atoms. The third-order valence-corrected chi connectivity index (χ3v) is 9.42. The van der Waals surface area contributed by atoms with Crippen LogP contribution >= 0.6 is 0 Å². The molecule has 0 N–H and O–H groups in total. The molecule has 0 radical (unpaired) electrons. The van der Waals surface area contributed by atoms with Crippen LogP contribution < -0.4 is 0 Å². The molecule has 0 aliphatic carbocycles. The molecule has 2 rings (SSSR count). The standard InChI is InChI=1S/C15H29NO4Si/c1-13(2,3)21(7,8)18-9-11-12-15(6,10-16(11)17)20-14(4,5)19-12/h10-12H,9H2,1-8H3/t11-,12-,15+/m1/s1. The molecule has 3 atom stereocenters. The van der Waals surface area contributed by atoms with Crippen LogP contribution in [-0.2, 0) is 13.9 Å². The maximum absolute atomic E-state index is 12.2. The maximum atomic E-state index is 12.2. The van der Waals surface area contributed by atoms with Gasteiger partial charge in [-0.3, -0.25) is 0 Å². The lowest BCUT2D eigenvalue weighted by atomic mass is 9.99. The van der Waals surface area contributed by atoms with Gasteiger partial charge in [0.1, 0.15) is 0 Å². The predicted octanol–water partition coefficient (Wildman–Crippen LogP) is 2.88. The van der Waals surface area contributed by atoms with E-state index in [1.54, 1.807) is 6.21 Å². The smallest absolute Gasteiger partial charge is 0.214 e. The molecule has 0 amide bonds. The summed E-state index contributed by atoms with van der Waals surface area (Å²) in [6.45, 7) is 17.0. The molecule has 0 aromatic rings. The zero-order valence-corrected chi connectivity index (χ0v) is 15.5. The highest BCUT2D eigenvalue weighted by Crippen LogP contribution is 2.42. The van der Waals surface area contributed by atoms with Crippen molar-refractivity contribution >= 4 is 14.5 Å². The maximum Gasteiger partial charge on any atom is 0.214 e. The van der Waals surface area contributed by atoms with Crippen LogP contribution in [-0.4, -0.2) is 49.4 Å². The quantitative estimate of drug-likeness (QED) is 0.456. The summed E-state index contributed by atoms with van der Waals surface area (Å²) in [6.07, 6.45) is 1.31. The van der Waals surface area contributed by atoms with Gasteiger partial charge in [0.25, 0.3) is 0 Å². The van der Waals surface area contributed by atoms with E-state index in [2.05, 4.69) is 33.9 Å². The molecule has 2 aliphatic rings. The number of ether oxygens (including phenoxy) is 2. The molecule has 122 valence electrons. The monoisotopic (exact) mass is 315 g/mol. The van der Waals surface area contributed by atoms with Crippen molar-refractivity contribution in [2.75, 3.05) is 6.61 Å². The molecule has 0 saturated carbocycles. The normalized spacial score (nSPS) is 35.7. The van der Waals surface area contributed by atoms with Crippen molar-refractivity contribution in [3.8, 4) is 0 Å². The Morgan fingerprint density at radius 1 is 1.29 bits per heavy atom. The molecule has 6 heteroatoms. The Kier molecular flexibility index (Phi) is 3.85. The van der Waals surface area contributed by atoms with Crippen molar-refractivity contribution in [3.63, 3.8) is 0 Å². The van der Waals surface area contributed by atoms with Gasteiger partial charge in [-0.2, -0.15) is 0 Å². The highest BCUT2D eigenvalue weighted by Gasteiger charge is 2.61. The van der Waals surface area contributed by atoms with Gasteiger partial charge in [-0.1, -0.05) is 20.8 Å². The fourth-order valence-corrected chi connectivity index (χ4v) is 3.77. The highest BCUT2D eigenvalue weighted by atomic mass is 28.4. The molecule has 2 heterocycles. The van der Waals surface area contributed by atoms with Gasteiger partial charge in [-0.05, 0) is 38.9 Å². The second-order valence-electron chi connectivity index (χ2n) is 8.35. The first-order chi connectivity index (χ1) is 9.28. The lowest BCUT2D eigenvalue weighted by Gasteiger charge is -2.37. The first-order valence-electron chi connectivity index (χ1n) is 7.61. The van der Waals surface area contributed by atoms with Crippen molar-refractivity contribution in [3.05, 3.63) is 5.21 Å². The van der Waals surface area contributed by atoms with Crippen molar-refractivity contribution in [1.82, 2.24) is 0 Å². The number of hydrogen-bond acceptors (Lipinski definition) is 4. The van der Waals surface area contributed by atoms with Crippen LogP contribution in [0.3, 0.4) is 0 Å². The lowest BCUT2D eigenvalue weighted by Crippen LogP contribution is -2.47. The van der Waals surface area contributed by atoms with Gasteiger partial charge >= 0.3 is 0 Å². The molecule has 0 bridgehead atoms. The summed E-state index contributed by atoms with van der Waals surface area (Å²) in [5, 5.41) is 12.3. The third kappa shape index (κ3) is 3.04. The van der Waals surface area contributed by atoms with E-state index >= 15 is 0 Å². The topological polar surface area (TPSA) is 53.8 Å². The van der Waals surface area contributed by atoms with Crippen molar-refractivity contribution < 1.29 is 18.6 Å². The van der Waals surface area contributed by atoms with Crippen LogP contribution in [0.25, 0.3) is 0 Å². The van der Waals surface area contributed by atoms with E-state index < -0.39 is 19.7 Å². The van der Waals surface area contributed by atoms with Gasteiger partial charge in [-0.25, -0.2) is 4.74 Å². The Morgan fingerprint density at radius 3 is 2.38 bits per heavy atom. The molecule has 21 heavy (non-hydrogen) atoms. The van der Waals surface area contributed by atoms with Gasteiger partial charge in [0, 0.05) is 0 Å². The Labute approximate surface area is 129 Å². The molecule has 0 aromatic heterocycles. The van der Waals surface area contributed by atoms with Crippen LogP contribution in [0.15, 0.2) is 0 Å². The Morgan fingerprint density at radius 2 is 1.86 bits per heavy atom. The number of rotatable bonds is 3. The van der Waals surface area contributed by atoms with E-state index in [1.807, 2.05) is 20.8 Å². The number of hydroxylamine groups is 1. The summed E-state index contributed by atoms with van der Waals surface area (Å²) in [4.78, 5) is 0. The number of hydrogen-bond donors (Lipinski definition) is 0. The van der Waals surface area contributed by atoms with E-state index in [1.165, 1.54) is 0 Å². The minimum Gasteiger partial charge on any atom is -0.624 e. The van der Waals surface area contributed by atoms with Crippen molar-refractivity contribution in [2.45, 2.75) is 83.2 Å². The van der Waals surface area contributed by atoms with Gasteiger partial charge in [0.05, 0.1) is 6.61 Å².